The average molecular weight is 236 g/mol. The number of rotatable bonds is 0. The van der Waals surface area contributed by atoms with Crippen molar-refractivity contribution >= 4 is 0 Å². The van der Waals surface area contributed by atoms with Gasteiger partial charge in [0.25, 0.3) is 0 Å². The fraction of sp³-hybridized carbons (Fsp3) is 0. The van der Waals surface area contributed by atoms with Crippen molar-refractivity contribution in [3.63, 3.8) is 0 Å². The van der Waals surface area contributed by atoms with Gasteiger partial charge in [-0.25, -0.2) is 34.8 Å². The quantitative estimate of drug-likeness (QED) is 0.521. The van der Waals surface area contributed by atoms with Gasteiger partial charge < -0.3 is 0 Å². The number of hydrogen-bond acceptors (Lipinski definition) is 2. The van der Waals surface area contributed by atoms with Crippen LogP contribution in [0.15, 0.2) is 48.5 Å². The predicted molar refractivity (Wildman–Crippen MR) is 53.5 cm³/mol. The zero-order chi connectivity index (χ0) is 10.2. The fourth-order valence-corrected chi connectivity index (χ4v) is 0.897. The van der Waals surface area contributed by atoms with E-state index in [2.05, 4.69) is 0 Å². The van der Waals surface area contributed by atoms with Crippen LogP contribution in [0.5, 0.6) is 0 Å². The van der Waals surface area contributed by atoms with Crippen LogP contribution >= 0.6 is 0 Å². The summed E-state index contributed by atoms with van der Waals surface area (Å²) >= 11 is 0. The molecule has 0 aliphatic heterocycles. The summed E-state index contributed by atoms with van der Waals surface area (Å²) in [7, 11) is 0. The standard InChI is InChI=1S/2C6H4N.Fe/c2*7-5-6-3-1-2-4-6;/h2*1-4H;/q2*-1;+2. The van der Waals surface area contributed by atoms with E-state index in [1.807, 2.05) is 36.4 Å². The SMILES string of the molecule is N#C[c-]1cccc1.N#C[c-]1cccc1.[Fe+2]. The third-order valence-corrected chi connectivity index (χ3v) is 1.58. The molecule has 0 N–H and O–H groups in total. The second kappa shape index (κ2) is 7.59. The van der Waals surface area contributed by atoms with Crippen molar-refractivity contribution in [2.45, 2.75) is 0 Å². The molecule has 74 valence electrons. The summed E-state index contributed by atoms with van der Waals surface area (Å²) in [5, 5.41) is 16.4. The van der Waals surface area contributed by atoms with Gasteiger partial charge in [-0.15, -0.1) is 0 Å². The minimum absolute atomic E-state index is 0. The van der Waals surface area contributed by atoms with Crippen LogP contribution in [0.3, 0.4) is 0 Å². The molecule has 0 spiro atoms. The van der Waals surface area contributed by atoms with E-state index in [0.717, 1.165) is 11.1 Å². The molecule has 0 heterocycles. The van der Waals surface area contributed by atoms with Crippen molar-refractivity contribution in [2.24, 2.45) is 0 Å². The van der Waals surface area contributed by atoms with Crippen LogP contribution in [-0.2, 0) is 17.1 Å². The first-order valence-corrected chi connectivity index (χ1v) is 4.10. The fourth-order valence-electron chi connectivity index (χ4n) is 0.897. The van der Waals surface area contributed by atoms with E-state index in [9.17, 15) is 0 Å². The molecule has 0 aromatic heterocycles. The maximum atomic E-state index is 8.18. The van der Waals surface area contributed by atoms with Gasteiger partial charge >= 0.3 is 17.1 Å². The minimum atomic E-state index is 0. The molecule has 0 aliphatic carbocycles. The first-order valence-electron chi connectivity index (χ1n) is 4.10. The van der Waals surface area contributed by atoms with Crippen LogP contribution in [0.1, 0.15) is 11.1 Å². The Bertz CT molecular complexity index is 383. The average Bonchev–Trinajstić information content (AvgIpc) is 2.92. The van der Waals surface area contributed by atoms with Gasteiger partial charge in [0.1, 0.15) is 0 Å². The van der Waals surface area contributed by atoms with Gasteiger partial charge in [0.05, 0.1) is 0 Å². The Hall–Kier alpha value is -1.80. The molecule has 0 unspecified atom stereocenters. The molecule has 2 nitrogen and oxygen atoms in total. The van der Waals surface area contributed by atoms with Gasteiger partial charge in [-0.05, 0) is 0 Å². The van der Waals surface area contributed by atoms with Crippen molar-refractivity contribution in [3.8, 4) is 12.1 Å². The summed E-state index contributed by atoms with van der Waals surface area (Å²) in [6.45, 7) is 0. The third kappa shape index (κ3) is 4.84. The first kappa shape index (κ1) is 13.2. The Balaban J connectivity index is 0.000000245. The van der Waals surface area contributed by atoms with Crippen LogP contribution < -0.4 is 0 Å². The van der Waals surface area contributed by atoms with E-state index in [4.69, 9.17) is 10.5 Å². The maximum absolute atomic E-state index is 8.18. The van der Waals surface area contributed by atoms with Crippen LogP contribution in [0.25, 0.3) is 0 Å². The molecule has 0 amide bonds. The van der Waals surface area contributed by atoms with Gasteiger partial charge in [-0.3, -0.25) is 0 Å². The molecule has 0 aliphatic rings. The summed E-state index contributed by atoms with van der Waals surface area (Å²) in [5.41, 5.74) is 1.47. The molecule has 2 rings (SSSR count). The Kier molecular flexibility index (Phi) is 6.68. The molecule has 0 saturated carbocycles. The molecule has 0 bridgehead atoms. The van der Waals surface area contributed by atoms with Gasteiger partial charge in [-0.1, -0.05) is 11.1 Å². The van der Waals surface area contributed by atoms with Crippen LogP contribution in [0, 0.1) is 22.7 Å². The number of hydrogen-bond donors (Lipinski definition) is 0. The molecule has 0 fully saturated rings. The number of nitriles is 2. The Morgan fingerprint density at radius 3 is 1.07 bits per heavy atom. The van der Waals surface area contributed by atoms with Gasteiger partial charge in [0.15, 0.2) is 0 Å². The molecule has 2 aromatic rings. The summed E-state index contributed by atoms with van der Waals surface area (Å²) in [6, 6.07) is 18.5. The molecule has 0 radical (unpaired) electrons. The molecule has 0 atom stereocenters. The molecule has 15 heavy (non-hydrogen) atoms. The van der Waals surface area contributed by atoms with Crippen molar-refractivity contribution in [1.29, 1.82) is 10.5 Å². The van der Waals surface area contributed by atoms with E-state index in [-0.39, 0.29) is 17.1 Å². The zero-order valence-electron chi connectivity index (χ0n) is 7.87. The van der Waals surface area contributed by atoms with Gasteiger partial charge in [-0.2, -0.15) is 24.3 Å². The maximum Gasteiger partial charge on any atom is 2.00 e. The van der Waals surface area contributed by atoms with Crippen LogP contribution in [0.2, 0.25) is 0 Å². The van der Waals surface area contributed by atoms with Gasteiger partial charge in [0.2, 0.25) is 0 Å². The molecular formula is C12H8FeN2. The smallest absolute Gasteiger partial charge is 0.212 e. The molecule has 3 heteroatoms. The normalized spacial score (nSPS) is 7.33. The largest absolute Gasteiger partial charge is 2.00 e. The van der Waals surface area contributed by atoms with E-state index < -0.39 is 0 Å². The topological polar surface area (TPSA) is 47.6 Å². The zero-order valence-corrected chi connectivity index (χ0v) is 8.97. The van der Waals surface area contributed by atoms with E-state index in [0.29, 0.717) is 0 Å². The number of nitrogens with zero attached hydrogens (tertiary/aromatic N) is 2. The second-order valence-electron chi connectivity index (χ2n) is 2.57. The van der Waals surface area contributed by atoms with E-state index in [1.165, 1.54) is 0 Å². The van der Waals surface area contributed by atoms with Gasteiger partial charge in [0, 0.05) is 12.1 Å². The summed E-state index contributed by atoms with van der Waals surface area (Å²) in [4.78, 5) is 0. The summed E-state index contributed by atoms with van der Waals surface area (Å²) < 4.78 is 0. The van der Waals surface area contributed by atoms with Crippen molar-refractivity contribution in [2.75, 3.05) is 0 Å². The Morgan fingerprint density at radius 1 is 0.667 bits per heavy atom. The molecular weight excluding hydrogens is 228 g/mol. The van der Waals surface area contributed by atoms with Crippen molar-refractivity contribution in [3.05, 3.63) is 59.7 Å². The Labute approximate surface area is 99.6 Å². The Morgan fingerprint density at radius 2 is 0.933 bits per heavy atom. The minimum Gasteiger partial charge on any atom is -0.212 e. The summed E-state index contributed by atoms with van der Waals surface area (Å²) in [5.74, 6) is 0. The van der Waals surface area contributed by atoms with Crippen molar-refractivity contribution in [1.82, 2.24) is 0 Å². The van der Waals surface area contributed by atoms with E-state index >= 15 is 0 Å². The predicted octanol–water partition coefficient (Wildman–Crippen LogP) is 2.55. The molecule has 0 saturated heterocycles. The van der Waals surface area contributed by atoms with Crippen LogP contribution in [0.4, 0.5) is 0 Å². The van der Waals surface area contributed by atoms with Crippen molar-refractivity contribution < 1.29 is 17.1 Å². The van der Waals surface area contributed by atoms with Crippen LogP contribution in [-0.4, -0.2) is 0 Å². The third-order valence-electron chi connectivity index (χ3n) is 1.58. The second-order valence-corrected chi connectivity index (χ2v) is 2.57. The van der Waals surface area contributed by atoms with E-state index in [1.54, 1.807) is 24.3 Å². The monoisotopic (exact) mass is 236 g/mol. The molecule has 2 aromatic carbocycles. The first-order chi connectivity index (χ1) is 6.86. The summed E-state index contributed by atoms with van der Waals surface area (Å²) in [6.07, 6.45) is 0.